The van der Waals surface area contributed by atoms with E-state index in [0.717, 1.165) is 11.6 Å². The predicted octanol–water partition coefficient (Wildman–Crippen LogP) is 2.54. The molecule has 0 amide bonds. The van der Waals surface area contributed by atoms with Crippen molar-refractivity contribution in [1.29, 1.82) is 5.26 Å². The van der Waals surface area contributed by atoms with Gasteiger partial charge in [0.15, 0.2) is 0 Å². The van der Waals surface area contributed by atoms with Gasteiger partial charge in [-0.1, -0.05) is 31.5 Å². The van der Waals surface area contributed by atoms with E-state index in [9.17, 15) is 17.9 Å². The monoisotopic (exact) mass is 438 g/mol. The van der Waals surface area contributed by atoms with E-state index in [4.69, 9.17) is 15.5 Å². The molecule has 3 N–H and O–H groups in total. The van der Waals surface area contributed by atoms with Crippen LogP contribution in [-0.2, 0) is 10.0 Å². The Hall–Kier alpha value is -2.51. The van der Waals surface area contributed by atoms with E-state index >= 15 is 0 Å². The van der Waals surface area contributed by atoms with Gasteiger partial charge >= 0.3 is 0 Å². The minimum atomic E-state index is -3.57. The molecule has 9 heteroatoms. The number of phenolic OH excluding ortho intramolecular Hbond substituents is 1. The van der Waals surface area contributed by atoms with Gasteiger partial charge in [-0.2, -0.15) is 9.57 Å². The maximum atomic E-state index is 12.5. The van der Waals surface area contributed by atoms with Crippen molar-refractivity contribution < 1.29 is 28.1 Å². The molecule has 1 aliphatic rings. The zero-order chi connectivity index (χ0) is 22.9. The van der Waals surface area contributed by atoms with Gasteiger partial charge in [-0.3, -0.25) is 0 Å². The summed E-state index contributed by atoms with van der Waals surface area (Å²) in [5.74, 6) is -0.862. The van der Waals surface area contributed by atoms with E-state index < -0.39 is 28.0 Å². The third kappa shape index (κ3) is 6.50. The molecule has 7 nitrogen and oxygen atoms in total. The summed E-state index contributed by atoms with van der Waals surface area (Å²) in [6.07, 6.45) is 0.259. The van der Waals surface area contributed by atoms with Crippen LogP contribution in [0.1, 0.15) is 31.4 Å². The number of halogens is 1. The summed E-state index contributed by atoms with van der Waals surface area (Å²) in [4.78, 5) is 0.218. The number of sulfonamides is 1. The molecule has 1 heterocycles. The molecule has 1 saturated heterocycles. The topological polar surface area (TPSA) is 122 Å². The van der Waals surface area contributed by atoms with Crippen LogP contribution in [0.15, 0.2) is 47.4 Å². The molecular formula is C21H27FN2O5S. The van der Waals surface area contributed by atoms with E-state index in [1.54, 1.807) is 30.3 Å². The Bertz CT molecular complexity index is 974. The lowest BCUT2D eigenvalue weighted by molar-refractivity contribution is -0.000734. The van der Waals surface area contributed by atoms with Gasteiger partial charge in [0.05, 0.1) is 17.1 Å². The highest BCUT2D eigenvalue weighted by Gasteiger charge is 2.41. The molecule has 3 rings (SSSR count). The molecule has 1 unspecified atom stereocenters. The highest BCUT2D eigenvalue weighted by Crippen LogP contribution is 2.27. The molecule has 1 aliphatic heterocycles. The second kappa shape index (κ2) is 11.0. The number of hydrogen-bond acceptors (Lipinski definition) is 6. The van der Waals surface area contributed by atoms with E-state index in [1.807, 2.05) is 20.8 Å². The fourth-order valence-corrected chi connectivity index (χ4v) is 4.13. The zero-order valence-corrected chi connectivity index (χ0v) is 18.0. The average Bonchev–Trinajstić information content (AvgIpc) is 3.14. The van der Waals surface area contributed by atoms with Crippen LogP contribution in [-0.4, -0.2) is 53.3 Å². The SMILES string of the molecule is CC.Cc1ccc(S(=O)(=O)N2CCC(O)(CO)C2)cc1.N#Cc1ccc(O)cc1F. The van der Waals surface area contributed by atoms with Crippen molar-refractivity contribution in [1.82, 2.24) is 4.31 Å². The van der Waals surface area contributed by atoms with Crippen molar-refractivity contribution in [3.63, 3.8) is 0 Å². The van der Waals surface area contributed by atoms with E-state index in [1.165, 1.54) is 16.4 Å². The van der Waals surface area contributed by atoms with E-state index in [-0.39, 0.29) is 35.7 Å². The second-order valence-corrected chi connectivity index (χ2v) is 8.50. The fraction of sp³-hybridized carbons (Fsp3) is 0.381. The molecule has 30 heavy (non-hydrogen) atoms. The van der Waals surface area contributed by atoms with Crippen LogP contribution in [0, 0.1) is 24.1 Å². The van der Waals surface area contributed by atoms with E-state index in [0.29, 0.717) is 0 Å². The van der Waals surface area contributed by atoms with Gasteiger partial charge in [-0.25, -0.2) is 12.8 Å². The number of hydrogen-bond donors (Lipinski definition) is 3. The van der Waals surface area contributed by atoms with Gasteiger partial charge in [0, 0.05) is 19.2 Å². The standard InChI is InChI=1S/C12H17NO4S.C7H4FNO.C2H6/c1-10-2-4-11(5-3-10)18(16,17)13-7-6-12(15,8-13)9-14;8-7-3-6(10)2-1-5(7)4-9;1-2/h2-5,14-15H,6-9H2,1H3;1-3,10H;1-2H3. The minimum Gasteiger partial charge on any atom is -0.508 e. The lowest BCUT2D eigenvalue weighted by atomic mass is 10.1. The molecule has 2 aromatic rings. The Kier molecular flexibility index (Phi) is 9.39. The van der Waals surface area contributed by atoms with Crippen molar-refractivity contribution >= 4 is 10.0 Å². The lowest BCUT2D eigenvalue weighted by Crippen LogP contribution is -2.38. The highest BCUT2D eigenvalue weighted by molar-refractivity contribution is 7.89. The predicted molar refractivity (Wildman–Crippen MR) is 111 cm³/mol. The molecule has 1 fully saturated rings. The molecule has 0 saturated carbocycles. The quantitative estimate of drug-likeness (QED) is 0.677. The number of aliphatic hydroxyl groups is 2. The summed E-state index contributed by atoms with van der Waals surface area (Å²) in [7, 11) is -3.57. The number of benzene rings is 2. The Labute approximate surface area is 176 Å². The van der Waals surface area contributed by atoms with Gasteiger partial charge in [0.1, 0.15) is 23.2 Å². The number of nitrogens with zero attached hydrogens (tertiary/aromatic N) is 2. The number of β-amino-alcohol motifs (C(OH)–C–C–N with tert-alkyl or cyclic N) is 1. The number of aryl methyl sites for hydroxylation is 1. The minimum absolute atomic E-state index is 0.0558. The molecule has 2 aromatic carbocycles. The molecule has 0 bridgehead atoms. The van der Waals surface area contributed by atoms with Gasteiger partial charge in [-0.15, -0.1) is 0 Å². The summed E-state index contributed by atoms with van der Waals surface area (Å²) in [6.45, 7) is 5.64. The smallest absolute Gasteiger partial charge is 0.243 e. The Morgan fingerprint density at radius 1 is 1.20 bits per heavy atom. The van der Waals surface area contributed by atoms with Crippen LogP contribution in [0.2, 0.25) is 0 Å². The Morgan fingerprint density at radius 3 is 2.27 bits per heavy atom. The van der Waals surface area contributed by atoms with Crippen LogP contribution >= 0.6 is 0 Å². The highest BCUT2D eigenvalue weighted by atomic mass is 32.2. The summed E-state index contributed by atoms with van der Waals surface area (Å²) < 4.78 is 38.2. The first-order chi connectivity index (χ1) is 14.1. The van der Waals surface area contributed by atoms with Crippen LogP contribution in [0.25, 0.3) is 0 Å². The Morgan fingerprint density at radius 2 is 1.80 bits per heavy atom. The normalized spacial score (nSPS) is 18.4. The molecule has 164 valence electrons. The summed E-state index contributed by atoms with van der Waals surface area (Å²) in [5.41, 5.74) is -0.377. The molecule has 1 atom stereocenters. The van der Waals surface area contributed by atoms with Crippen molar-refractivity contribution in [2.45, 2.75) is 37.7 Å². The summed E-state index contributed by atoms with van der Waals surface area (Å²) >= 11 is 0. The first-order valence-electron chi connectivity index (χ1n) is 9.40. The van der Waals surface area contributed by atoms with Crippen LogP contribution < -0.4 is 0 Å². The van der Waals surface area contributed by atoms with Crippen LogP contribution in [0.4, 0.5) is 4.39 Å². The largest absolute Gasteiger partial charge is 0.508 e. The number of nitriles is 1. The number of aromatic hydroxyl groups is 1. The van der Waals surface area contributed by atoms with Crippen molar-refractivity contribution in [2.24, 2.45) is 0 Å². The third-order valence-corrected chi connectivity index (χ3v) is 6.18. The van der Waals surface area contributed by atoms with Gasteiger partial charge < -0.3 is 15.3 Å². The first-order valence-corrected chi connectivity index (χ1v) is 10.8. The fourth-order valence-electron chi connectivity index (χ4n) is 2.61. The number of aliphatic hydroxyl groups excluding tert-OH is 1. The van der Waals surface area contributed by atoms with Gasteiger partial charge in [0.25, 0.3) is 0 Å². The third-order valence-electron chi connectivity index (χ3n) is 4.32. The van der Waals surface area contributed by atoms with Crippen LogP contribution in [0.3, 0.4) is 0 Å². The number of phenols is 1. The van der Waals surface area contributed by atoms with E-state index in [2.05, 4.69) is 0 Å². The zero-order valence-electron chi connectivity index (χ0n) is 17.2. The van der Waals surface area contributed by atoms with Gasteiger partial charge in [-0.05, 0) is 37.6 Å². The van der Waals surface area contributed by atoms with Gasteiger partial charge in [0.2, 0.25) is 10.0 Å². The lowest BCUT2D eigenvalue weighted by Gasteiger charge is -2.20. The molecule has 0 radical (unpaired) electrons. The number of rotatable bonds is 3. The van der Waals surface area contributed by atoms with Crippen molar-refractivity contribution in [2.75, 3.05) is 19.7 Å². The molecule has 0 spiro atoms. The second-order valence-electron chi connectivity index (χ2n) is 6.56. The molecular weight excluding hydrogens is 411 g/mol. The summed E-state index contributed by atoms with van der Waals surface area (Å²) in [5, 5.41) is 35.8. The van der Waals surface area contributed by atoms with Crippen molar-refractivity contribution in [3.05, 3.63) is 59.4 Å². The summed E-state index contributed by atoms with van der Waals surface area (Å²) in [6, 6.07) is 11.6. The van der Waals surface area contributed by atoms with Crippen molar-refractivity contribution in [3.8, 4) is 11.8 Å². The Balaban J connectivity index is 0.000000318. The van der Waals surface area contributed by atoms with Crippen LogP contribution in [0.5, 0.6) is 5.75 Å². The average molecular weight is 439 g/mol. The molecule has 0 aliphatic carbocycles. The first kappa shape index (κ1) is 25.5. The maximum absolute atomic E-state index is 12.5. The maximum Gasteiger partial charge on any atom is 0.243 e. The molecule has 0 aromatic heterocycles.